The maximum atomic E-state index is 15.6. The van der Waals surface area contributed by atoms with E-state index in [1.165, 1.54) is 29.2 Å². The molecule has 35 heavy (non-hydrogen) atoms. The molecule has 0 spiro atoms. The van der Waals surface area contributed by atoms with Crippen molar-refractivity contribution in [2.24, 2.45) is 7.05 Å². The van der Waals surface area contributed by atoms with E-state index in [4.69, 9.17) is 0 Å². The lowest BCUT2D eigenvalue weighted by molar-refractivity contribution is -0.211. The highest BCUT2D eigenvalue weighted by Gasteiger charge is 2.41. The molecule has 1 fully saturated rings. The molecular formula is C22H17F5N8. The van der Waals surface area contributed by atoms with Crippen molar-refractivity contribution in [1.29, 1.82) is 5.26 Å². The van der Waals surface area contributed by atoms with Crippen LogP contribution in [0.5, 0.6) is 0 Å². The molecule has 1 aromatic carbocycles. The molecule has 0 saturated carbocycles. The van der Waals surface area contributed by atoms with Crippen molar-refractivity contribution < 1.29 is 22.0 Å². The van der Waals surface area contributed by atoms with Gasteiger partial charge in [0.2, 0.25) is 0 Å². The second-order valence-electron chi connectivity index (χ2n) is 8.36. The van der Waals surface area contributed by atoms with Gasteiger partial charge < -0.3 is 9.47 Å². The smallest absolute Gasteiger partial charge is 0.370 e. The van der Waals surface area contributed by atoms with Crippen molar-refractivity contribution >= 4 is 16.7 Å². The Kier molecular flexibility index (Phi) is 5.19. The first-order chi connectivity index (χ1) is 16.6. The Morgan fingerprint density at radius 3 is 2.51 bits per heavy atom. The van der Waals surface area contributed by atoms with Crippen LogP contribution in [0.4, 0.5) is 27.6 Å². The van der Waals surface area contributed by atoms with Gasteiger partial charge in [-0.2, -0.15) is 9.94 Å². The van der Waals surface area contributed by atoms with Crippen LogP contribution >= 0.6 is 0 Å². The number of benzene rings is 1. The largest absolute Gasteiger partial charge is 0.504 e. The van der Waals surface area contributed by atoms with Gasteiger partial charge >= 0.3 is 6.30 Å². The Balaban J connectivity index is 1.55. The van der Waals surface area contributed by atoms with Gasteiger partial charge in [-0.15, -0.1) is 28.5 Å². The molecule has 0 atom stereocenters. The minimum atomic E-state index is -4.71. The molecule has 0 bridgehead atoms. The first-order valence-corrected chi connectivity index (χ1v) is 10.5. The summed E-state index contributed by atoms with van der Waals surface area (Å²) in [6, 6.07) is 5.64. The molecule has 0 radical (unpaired) electrons. The fourth-order valence-electron chi connectivity index (χ4n) is 4.44. The van der Waals surface area contributed by atoms with Crippen molar-refractivity contribution in [2.75, 3.05) is 18.0 Å². The molecule has 3 aromatic heterocycles. The lowest BCUT2D eigenvalue weighted by Crippen LogP contribution is -2.42. The maximum Gasteiger partial charge on any atom is 0.504 e. The Bertz CT molecular complexity index is 1460. The second kappa shape index (κ2) is 8.00. The van der Waals surface area contributed by atoms with Gasteiger partial charge in [-0.1, -0.05) is 0 Å². The molecule has 1 saturated heterocycles. The van der Waals surface area contributed by atoms with Crippen molar-refractivity contribution in [2.45, 2.75) is 24.8 Å². The number of piperidine rings is 1. The van der Waals surface area contributed by atoms with Gasteiger partial charge in [0.05, 0.1) is 11.3 Å². The minimum Gasteiger partial charge on any atom is -0.370 e. The summed E-state index contributed by atoms with van der Waals surface area (Å²) < 4.78 is 70.6. The number of hydrogen-bond acceptors (Lipinski definition) is 6. The number of fused-ring (bicyclic) bond motifs is 1. The van der Waals surface area contributed by atoms with Crippen molar-refractivity contribution in [3.05, 3.63) is 54.1 Å². The number of nitriles is 1. The molecule has 0 aliphatic carbocycles. The van der Waals surface area contributed by atoms with Crippen LogP contribution < -0.4 is 4.90 Å². The van der Waals surface area contributed by atoms with Crippen LogP contribution in [0.2, 0.25) is 0 Å². The Hall–Kier alpha value is -4.08. The highest BCUT2D eigenvalue weighted by molar-refractivity contribution is 5.87. The Morgan fingerprint density at radius 1 is 1.14 bits per heavy atom. The van der Waals surface area contributed by atoms with Crippen LogP contribution in [0.1, 0.15) is 24.2 Å². The Morgan fingerprint density at radius 2 is 1.89 bits per heavy atom. The fourth-order valence-corrected chi connectivity index (χ4v) is 4.44. The van der Waals surface area contributed by atoms with Gasteiger partial charge in [0.15, 0.2) is 17.1 Å². The van der Waals surface area contributed by atoms with Gasteiger partial charge in [0.1, 0.15) is 18.2 Å². The number of aryl methyl sites for hydroxylation is 1. The average molecular weight is 488 g/mol. The van der Waals surface area contributed by atoms with E-state index in [0.717, 1.165) is 12.3 Å². The SMILES string of the molecule is Cn1cnnc1C1(F)CCN(c2c(C#N)cc(F)cc2-c2cnc3nn(C(F)(F)F)cc3c2)CC1. The second-order valence-corrected chi connectivity index (χ2v) is 8.36. The van der Waals surface area contributed by atoms with Crippen LogP contribution in [-0.4, -0.2) is 42.6 Å². The molecule has 5 rings (SSSR count). The molecule has 0 N–H and O–H groups in total. The van der Waals surface area contributed by atoms with Crippen molar-refractivity contribution in [3.8, 4) is 17.2 Å². The molecular weight excluding hydrogens is 471 g/mol. The van der Waals surface area contributed by atoms with E-state index in [1.807, 2.05) is 6.07 Å². The van der Waals surface area contributed by atoms with E-state index in [9.17, 15) is 22.8 Å². The number of pyridine rings is 1. The van der Waals surface area contributed by atoms with Crippen LogP contribution in [0.3, 0.4) is 0 Å². The van der Waals surface area contributed by atoms with Crippen molar-refractivity contribution in [1.82, 2.24) is 29.5 Å². The van der Waals surface area contributed by atoms with Crippen molar-refractivity contribution in [3.63, 3.8) is 0 Å². The molecule has 1 aliphatic rings. The minimum absolute atomic E-state index is 0.0242. The molecule has 180 valence electrons. The summed E-state index contributed by atoms with van der Waals surface area (Å²) in [6.45, 7) is 0.386. The van der Waals surface area contributed by atoms with Gasteiger partial charge in [0.25, 0.3) is 0 Å². The third kappa shape index (κ3) is 3.94. The average Bonchev–Trinajstić information content (AvgIpc) is 3.45. The fraction of sp³-hybridized carbons (Fsp3) is 0.318. The molecule has 4 aromatic rings. The van der Waals surface area contributed by atoms with Gasteiger partial charge in [-0.05, 0) is 18.2 Å². The quantitative estimate of drug-likeness (QED) is 0.402. The van der Waals surface area contributed by atoms with E-state index in [0.29, 0.717) is 11.3 Å². The van der Waals surface area contributed by atoms with Gasteiger partial charge in [-0.25, -0.2) is 13.8 Å². The highest BCUT2D eigenvalue weighted by atomic mass is 19.4. The lowest BCUT2D eigenvalue weighted by atomic mass is 9.90. The zero-order valence-electron chi connectivity index (χ0n) is 18.3. The summed E-state index contributed by atoms with van der Waals surface area (Å²) in [5.74, 6) is -0.490. The topological polar surface area (TPSA) is 88.4 Å². The predicted molar refractivity (Wildman–Crippen MR) is 114 cm³/mol. The lowest BCUT2D eigenvalue weighted by Gasteiger charge is -2.38. The number of alkyl halides is 4. The zero-order valence-corrected chi connectivity index (χ0v) is 18.3. The molecule has 13 heteroatoms. The van der Waals surface area contributed by atoms with Crippen LogP contribution in [0, 0.1) is 17.1 Å². The van der Waals surface area contributed by atoms with E-state index in [2.05, 4.69) is 20.3 Å². The predicted octanol–water partition coefficient (Wildman–Crippen LogP) is 4.18. The normalized spacial score (nSPS) is 16.0. The third-order valence-corrected chi connectivity index (χ3v) is 6.11. The van der Waals surface area contributed by atoms with Crippen LogP contribution in [-0.2, 0) is 19.0 Å². The maximum absolute atomic E-state index is 15.6. The number of anilines is 1. The molecule has 0 unspecified atom stereocenters. The van der Waals surface area contributed by atoms with Gasteiger partial charge in [-0.3, -0.25) is 0 Å². The summed E-state index contributed by atoms with van der Waals surface area (Å²) in [5, 5.41) is 20.9. The van der Waals surface area contributed by atoms with E-state index < -0.39 is 17.8 Å². The summed E-state index contributed by atoms with van der Waals surface area (Å²) in [5.41, 5.74) is -0.902. The summed E-state index contributed by atoms with van der Waals surface area (Å²) >= 11 is 0. The van der Waals surface area contributed by atoms with Crippen LogP contribution in [0.25, 0.3) is 22.2 Å². The first kappa shape index (κ1) is 22.7. The summed E-state index contributed by atoms with van der Waals surface area (Å²) in [7, 11) is 1.65. The number of aromatic nitrogens is 6. The highest BCUT2D eigenvalue weighted by Crippen LogP contribution is 2.41. The standard InChI is InChI=1S/C22H17F5N8/c1-33-12-30-31-20(33)21(24)2-4-34(5-3-21)18-13(9-28)7-16(23)8-17(18)14-6-15-11-35(22(25,26)27)32-19(15)29-10-14/h6-8,10-12H,2-5H2,1H3. The summed E-state index contributed by atoms with van der Waals surface area (Å²) in [4.78, 5) is 5.76. The van der Waals surface area contributed by atoms with E-state index in [1.54, 1.807) is 11.9 Å². The van der Waals surface area contributed by atoms with Gasteiger partial charge in [0, 0.05) is 61.9 Å². The van der Waals surface area contributed by atoms with E-state index in [-0.39, 0.29) is 58.6 Å². The Labute approximate surface area is 195 Å². The number of rotatable bonds is 3. The molecule has 4 heterocycles. The summed E-state index contributed by atoms with van der Waals surface area (Å²) in [6.07, 6.45) is -1.13. The van der Waals surface area contributed by atoms with Crippen LogP contribution in [0.15, 0.2) is 36.9 Å². The number of halogens is 5. The first-order valence-electron chi connectivity index (χ1n) is 10.5. The zero-order chi connectivity index (χ0) is 25.0. The molecule has 1 aliphatic heterocycles. The number of hydrogen-bond donors (Lipinski definition) is 0. The monoisotopic (exact) mass is 488 g/mol. The third-order valence-electron chi connectivity index (χ3n) is 6.11. The number of nitrogens with zero attached hydrogens (tertiary/aromatic N) is 8. The molecule has 8 nitrogen and oxygen atoms in total. The molecule has 0 amide bonds. The van der Waals surface area contributed by atoms with E-state index >= 15 is 4.39 Å².